The van der Waals surface area contributed by atoms with Crippen LogP contribution in [0.15, 0.2) is 53.8 Å². The van der Waals surface area contributed by atoms with Gasteiger partial charge in [0.05, 0.1) is 23.9 Å². The van der Waals surface area contributed by atoms with Crippen LogP contribution in [0.3, 0.4) is 0 Å². The zero-order valence-corrected chi connectivity index (χ0v) is 19.1. The van der Waals surface area contributed by atoms with Gasteiger partial charge in [-0.05, 0) is 60.7 Å². The number of aliphatic carboxylic acids is 1. The van der Waals surface area contributed by atoms with Crippen LogP contribution in [0, 0.1) is 6.92 Å². The number of anilines is 1. The molecule has 1 aliphatic heterocycles. The second-order valence-electron chi connectivity index (χ2n) is 8.33. The fourth-order valence-electron chi connectivity index (χ4n) is 4.25. The number of fused-ring (bicyclic) bond motifs is 3. The number of aryl methyl sites for hydroxylation is 2. The molecule has 0 amide bonds. The van der Waals surface area contributed by atoms with E-state index in [1.54, 1.807) is 5.01 Å². The molecule has 0 spiro atoms. The van der Waals surface area contributed by atoms with Crippen LogP contribution in [-0.4, -0.2) is 44.8 Å². The maximum Gasteiger partial charge on any atom is 0.307 e. The molecule has 0 saturated heterocycles. The number of nitrogens with one attached hydrogen (secondary N) is 1. The van der Waals surface area contributed by atoms with Gasteiger partial charge >= 0.3 is 5.97 Å². The third-order valence-corrected chi connectivity index (χ3v) is 5.92. The second-order valence-corrected chi connectivity index (χ2v) is 8.33. The van der Waals surface area contributed by atoms with Crippen LogP contribution in [-0.2, 0) is 17.8 Å². The number of nitrogens with zero attached hydrogens (tertiary/aromatic N) is 5. The first kappa shape index (κ1) is 22.3. The molecule has 33 heavy (non-hydrogen) atoms. The minimum atomic E-state index is -0.833. The number of carboxylic acid groups (broad SMARTS) is 1. The van der Waals surface area contributed by atoms with Gasteiger partial charge in [-0.3, -0.25) is 9.80 Å². The predicted molar refractivity (Wildman–Crippen MR) is 130 cm³/mol. The van der Waals surface area contributed by atoms with Gasteiger partial charge in [0.2, 0.25) is 0 Å². The van der Waals surface area contributed by atoms with Gasteiger partial charge in [-0.25, -0.2) is 4.68 Å². The van der Waals surface area contributed by atoms with Crippen molar-refractivity contribution in [3.8, 4) is 11.3 Å². The lowest BCUT2D eigenvalue weighted by Crippen LogP contribution is -2.13. The number of rotatable bonds is 7. The van der Waals surface area contributed by atoms with Crippen molar-refractivity contribution >= 4 is 23.9 Å². The van der Waals surface area contributed by atoms with E-state index in [9.17, 15) is 4.79 Å². The Morgan fingerprint density at radius 2 is 2.09 bits per heavy atom. The number of hydrogen-bond acceptors (Lipinski definition) is 6. The Bertz CT molecular complexity index is 1210. The van der Waals surface area contributed by atoms with Crippen molar-refractivity contribution < 1.29 is 9.90 Å². The van der Waals surface area contributed by atoms with Crippen LogP contribution in [0.1, 0.15) is 41.8 Å². The summed E-state index contributed by atoms with van der Waals surface area (Å²) in [5.41, 5.74) is 8.15. The van der Waals surface area contributed by atoms with Crippen LogP contribution < -0.4 is 5.32 Å². The molecule has 0 saturated carbocycles. The fourth-order valence-corrected chi connectivity index (χ4v) is 4.25. The van der Waals surface area contributed by atoms with E-state index >= 15 is 0 Å². The van der Waals surface area contributed by atoms with Gasteiger partial charge in [0.25, 0.3) is 0 Å². The largest absolute Gasteiger partial charge is 0.481 e. The number of hydrogen-bond donors (Lipinski definition) is 2. The van der Waals surface area contributed by atoms with Crippen LogP contribution in [0.2, 0.25) is 0 Å². The Kier molecular flexibility index (Phi) is 6.26. The summed E-state index contributed by atoms with van der Waals surface area (Å²) in [5, 5.41) is 26.9. The Labute approximate surface area is 193 Å². The van der Waals surface area contributed by atoms with Crippen molar-refractivity contribution in [3.63, 3.8) is 0 Å². The van der Waals surface area contributed by atoms with Gasteiger partial charge in [-0.1, -0.05) is 29.5 Å². The zero-order valence-electron chi connectivity index (χ0n) is 19.1. The summed E-state index contributed by atoms with van der Waals surface area (Å²) in [4.78, 5) is 11.0. The van der Waals surface area contributed by atoms with Crippen LogP contribution >= 0.6 is 0 Å². The highest BCUT2D eigenvalue weighted by molar-refractivity contribution is 5.74. The van der Waals surface area contributed by atoms with Gasteiger partial charge in [-0.2, -0.15) is 5.10 Å². The quantitative estimate of drug-likeness (QED) is 0.416. The molecule has 8 heteroatoms. The summed E-state index contributed by atoms with van der Waals surface area (Å²) >= 11 is 0. The van der Waals surface area contributed by atoms with E-state index in [1.807, 2.05) is 49.1 Å². The Hall–Kier alpha value is -3.94. The lowest BCUT2D eigenvalue weighted by atomic mass is 9.92. The van der Waals surface area contributed by atoms with Crippen molar-refractivity contribution in [1.82, 2.24) is 20.0 Å². The highest BCUT2D eigenvalue weighted by atomic mass is 16.4. The number of hydrazone groups is 1. The molecule has 0 fully saturated rings. The molecular weight excluding hydrogens is 416 g/mol. The molecule has 3 aromatic rings. The van der Waals surface area contributed by atoms with Crippen LogP contribution in [0.25, 0.3) is 16.8 Å². The molecule has 1 unspecified atom stereocenters. The van der Waals surface area contributed by atoms with Gasteiger partial charge < -0.3 is 10.4 Å². The van der Waals surface area contributed by atoms with Crippen molar-refractivity contribution in [2.45, 2.75) is 39.3 Å². The maximum atomic E-state index is 11.0. The average Bonchev–Trinajstić information content (AvgIpc) is 3.08. The van der Waals surface area contributed by atoms with Crippen LogP contribution in [0.4, 0.5) is 5.69 Å². The normalized spacial score (nSPS) is 15.2. The predicted octanol–water partition coefficient (Wildman–Crippen LogP) is 4.35. The van der Waals surface area contributed by atoms with E-state index in [0.29, 0.717) is 0 Å². The van der Waals surface area contributed by atoms with E-state index in [2.05, 4.69) is 52.6 Å². The Morgan fingerprint density at radius 3 is 2.79 bits per heavy atom. The third kappa shape index (κ3) is 4.79. The first-order valence-electron chi connectivity index (χ1n) is 10.9. The van der Waals surface area contributed by atoms with E-state index in [-0.39, 0.29) is 12.5 Å². The summed E-state index contributed by atoms with van der Waals surface area (Å²) in [5.74, 6) is -0.833. The summed E-state index contributed by atoms with van der Waals surface area (Å²) < 4.78 is 1.98. The van der Waals surface area contributed by atoms with E-state index in [0.717, 1.165) is 52.3 Å². The average molecular weight is 445 g/mol. The number of aromatic nitrogens is 3. The number of carboxylic acids is 1. The van der Waals surface area contributed by atoms with E-state index in [1.165, 1.54) is 5.56 Å². The smallest absolute Gasteiger partial charge is 0.307 e. The third-order valence-electron chi connectivity index (χ3n) is 5.92. The summed E-state index contributed by atoms with van der Waals surface area (Å²) in [6, 6.07) is 14.1. The second kappa shape index (κ2) is 9.28. The lowest BCUT2D eigenvalue weighted by Gasteiger charge is -2.22. The standard InChI is InChI=1S/C25H28N6O2/c1-16(15-30(4)26-3)19-7-10-21-22(14-19)23(11-12-31-25(21)17(2)28-29-31)27-20-8-5-18(6-9-20)13-24(32)33/h5-10,14-15,23,27H,3,11-13H2,1-2,4H3,(H,32,33)/b16-15+. The molecule has 2 N–H and O–H groups in total. The highest BCUT2D eigenvalue weighted by Crippen LogP contribution is 2.38. The minimum absolute atomic E-state index is 0.0168. The van der Waals surface area contributed by atoms with Gasteiger partial charge in [0.1, 0.15) is 0 Å². The Balaban J connectivity index is 1.73. The van der Waals surface area contributed by atoms with Crippen molar-refractivity contribution in [2.24, 2.45) is 5.10 Å². The van der Waals surface area contributed by atoms with Gasteiger partial charge in [0, 0.05) is 37.8 Å². The molecule has 0 radical (unpaired) electrons. The maximum absolute atomic E-state index is 11.0. The van der Waals surface area contributed by atoms with E-state index in [4.69, 9.17) is 5.11 Å². The van der Waals surface area contributed by atoms with Gasteiger partial charge in [-0.15, -0.1) is 5.10 Å². The molecule has 8 nitrogen and oxygen atoms in total. The SMILES string of the molecule is C=NN(C)/C=C(\C)c1ccc2c(c1)C(Nc1ccc(CC(=O)O)cc1)CCn1nnc(C)c1-2. The molecule has 0 aliphatic carbocycles. The molecule has 1 aliphatic rings. The molecule has 0 bridgehead atoms. The van der Waals surface area contributed by atoms with E-state index < -0.39 is 5.97 Å². The van der Waals surface area contributed by atoms with Crippen molar-refractivity contribution in [2.75, 3.05) is 12.4 Å². The topological polar surface area (TPSA) is 95.6 Å². The van der Waals surface area contributed by atoms with Gasteiger partial charge in [0.15, 0.2) is 0 Å². The lowest BCUT2D eigenvalue weighted by molar-refractivity contribution is -0.136. The van der Waals surface area contributed by atoms with Crippen LogP contribution in [0.5, 0.6) is 0 Å². The molecule has 1 atom stereocenters. The molecule has 170 valence electrons. The molecule has 2 aromatic carbocycles. The zero-order chi connectivity index (χ0) is 23.5. The number of carbonyl (C=O) groups is 1. The van der Waals surface area contributed by atoms with Crippen molar-refractivity contribution in [3.05, 3.63) is 71.0 Å². The summed E-state index contributed by atoms with van der Waals surface area (Å²) in [6.07, 6.45) is 2.80. The number of benzene rings is 2. The molecule has 2 heterocycles. The highest BCUT2D eigenvalue weighted by Gasteiger charge is 2.25. The van der Waals surface area contributed by atoms with Crippen molar-refractivity contribution in [1.29, 1.82) is 0 Å². The monoisotopic (exact) mass is 444 g/mol. The molecular formula is C25H28N6O2. The number of allylic oxidation sites excluding steroid dienone is 1. The first-order valence-corrected chi connectivity index (χ1v) is 10.9. The molecule has 4 rings (SSSR count). The molecule has 1 aromatic heterocycles. The fraction of sp³-hybridized carbons (Fsp3) is 0.280. The summed E-state index contributed by atoms with van der Waals surface area (Å²) in [7, 11) is 1.85. The minimum Gasteiger partial charge on any atom is -0.481 e. The summed E-state index contributed by atoms with van der Waals surface area (Å²) in [6.45, 7) is 8.36. The first-order chi connectivity index (χ1) is 15.9. The Morgan fingerprint density at radius 1 is 1.33 bits per heavy atom.